The van der Waals surface area contributed by atoms with E-state index in [0.29, 0.717) is 6.54 Å². The molecule has 0 unspecified atom stereocenters. The molecule has 0 fully saturated rings. The highest BCUT2D eigenvalue weighted by Gasteiger charge is 2.01. The summed E-state index contributed by atoms with van der Waals surface area (Å²) in [6, 6.07) is 13.2. The summed E-state index contributed by atoms with van der Waals surface area (Å²) < 4.78 is 5.15. The van der Waals surface area contributed by atoms with Crippen LogP contribution in [0.1, 0.15) is 11.3 Å². The molecule has 0 aliphatic heterocycles. The minimum absolute atomic E-state index is 0.268. The first-order valence-electron chi connectivity index (χ1n) is 6.08. The number of thiocarbonyl (C=S) groups is 1. The summed E-state index contributed by atoms with van der Waals surface area (Å²) in [6.07, 6.45) is 4.75. The van der Waals surface area contributed by atoms with Gasteiger partial charge in [-0.1, -0.05) is 30.3 Å². The molecule has 1 aromatic carbocycles. The average molecular weight is 286 g/mol. The Kier molecular flexibility index (Phi) is 5.08. The highest BCUT2D eigenvalue weighted by atomic mass is 32.1. The van der Waals surface area contributed by atoms with Crippen molar-refractivity contribution in [3.63, 3.8) is 0 Å². The number of amides is 1. The number of hydrogen-bond acceptors (Lipinski definition) is 3. The predicted molar refractivity (Wildman–Crippen MR) is 81.8 cm³/mol. The van der Waals surface area contributed by atoms with Crippen LogP contribution in [0.15, 0.2) is 59.2 Å². The zero-order valence-corrected chi connectivity index (χ0v) is 11.5. The second-order valence-electron chi connectivity index (χ2n) is 4.00. The van der Waals surface area contributed by atoms with Gasteiger partial charge in [-0.2, -0.15) is 0 Å². The van der Waals surface area contributed by atoms with E-state index in [9.17, 15) is 4.79 Å². The first-order chi connectivity index (χ1) is 9.74. The summed E-state index contributed by atoms with van der Waals surface area (Å²) in [7, 11) is 0. The molecule has 20 heavy (non-hydrogen) atoms. The highest BCUT2D eigenvalue weighted by molar-refractivity contribution is 7.80. The molecule has 1 amide bonds. The number of nitrogens with one attached hydrogen (secondary N) is 2. The molecule has 5 heteroatoms. The lowest BCUT2D eigenvalue weighted by molar-refractivity contribution is -0.115. The lowest BCUT2D eigenvalue weighted by atomic mass is 10.2. The first kappa shape index (κ1) is 14.0. The Labute approximate surface area is 122 Å². The van der Waals surface area contributed by atoms with Gasteiger partial charge in [0.2, 0.25) is 5.91 Å². The molecule has 0 saturated carbocycles. The van der Waals surface area contributed by atoms with Gasteiger partial charge in [0.05, 0.1) is 12.8 Å². The monoisotopic (exact) mass is 286 g/mol. The van der Waals surface area contributed by atoms with Gasteiger partial charge in [0, 0.05) is 6.08 Å². The van der Waals surface area contributed by atoms with Gasteiger partial charge in [0.1, 0.15) is 5.76 Å². The third-order valence-electron chi connectivity index (χ3n) is 2.47. The van der Waals surface area contributed by atoms with Crippen molar-refractivity contribution in [1.29, 1.82) is 0 Å². The van der Waals surface area contributed by atoms with E-state index >= 15 is 0 Å². The Morgan fingerprint density at radius 1 is 1.20 bits per heavy atom. The van der Waals surface area contributed by atoms with Gasteiger partial charge in [-0.05, 0) is 36.0 Å². The summed E-state index contributed by atoms with van der Waals surface area (Å²) in [4.78, 5) is 11.6. The standard InChI is InChI=1S/C15H14N2O2S/c18-14(9-8-12-5-2-1-3-6-12)17-15(20)16-11-13-7-4-10-19-13/h1-10H,11H2,(H2,16,17,18,20)/b9-8+. The molecule has 0 aliphatic carbocycles. The average Bonchev–Trinajstić information content (AvgIpc) is 2.97. The van der Waals surface area contributed by atoms with Gasteiger partial charge in [-0.25, -0.2) is 0 Å². The molecule has 4 nitrogen and oxygen atoms in total. The molecular weight excluding hydrogens is 272 g/mol. The van der Waals surface area contributed by atoms with Crippen molar-refractivity contribution in [3.8, 4) is 0 Å². The van der Waals surface area contributed by atoms with Crippen molar-refractivity contribution in [3.05, 3.63) is 66.1 Å². The van der Waals surface area contributed by atoms with Crippen molar-refractivity contribution in [1.82, 2.24) is 10.6 Å². The SMILES string of the molecule is O=C(/C=C/c1ccccc1)NC(=S)NCc1ccco1. The van der Waals surface area contributed by atoms with Crippen molar-refractivity contribution in [2.45, 2.75) is 6.54 Å². The topological polar surface area (TPSA) is 54.3 Å². The third-order valence-corrected chi connectivity index (χ3v) is 2.71. The van der Waals surface area contributed by atoms with Crippen LogP contribution >= 0.6 is 12.2 Å². The molecule has 0 radical (unpaired) electrons. The van der Waals surface area contributed by atoms with Crippen LogP contribution in [-0.4, -0.2) is 11.0 Å². The second kappa shape index (κ2) is 7.25. The van der Waals surface area contributed by atoms with Gasteiger partial charge >= 0.3 is 0 Å². The molecular formula is C15H14N2O2S. The number of benzene rings is 1. The van der Waals surface area contributed by atoms with E-state index in [-0.39, 0.29) is 11.0 Å². The van der Waals surface area contributed by atoms with E-state index in [0.717, 1.165) is 11.3 Å². The largest absolute Gasteiger partial charge is 0.467 e. The summed E-state index contributed by atoms with van der Waals surface area (Å²) >= 11 is 5.02. The van der Waals surface area contributed by atoms with Crippen molar-refractivity contribution >= 4 is 29.3 Å². The van der Waals surface area contributed by atoms with Crippen LogP contribution in [0.2, 0.25) is 0 Å². The van der Waals surface area contributed by atoms with Gasteiger partial charge in [-0.15, -0.1) is 0 Å². The molecule has 1 heterocycles. The molecule has 102 valence electrons. The zero-order chi connectivity index (χ0) is 14.2. The fourth-order valence-corrected chi connectivity index (χ4v) is 1.69. The van der Waals surface area contributed by atoms with E-state index in [2.05, 4.69) is 10.6 Å². The zero-order valence-electron chi connectivity index (χ0n) is 10.7. The molecule has 0 aliphatic rings. The summed E-state index contributed by atoms with van der Waals surface area (Å²) in [6.45, 7) is 0.439. The molecule has 1 aromatic heterocycles. The predicted octanol–water partition coefficient (Wildman–Crippen LogP) is 2.48. The number of carbonyl (C=O) groups excluding carboxylic acids is 1. The molecule has 2 aromatic rings. The number of furan rings is 1. The van der Waals surface area contributed by atoms with Gasteiger partial charge in [-0.3, -0.25) is 10.1 Å². The fourth-order valence-electron chi connectivity index (χ4n) is 1.51. The fraction of sp³-hybridized carbons (Fsp3) is 0.0667. The van der Waals surface area contributed by atoms with Gasteiger partial charge < -0.3 is 9.73 Å². The van der Waals surface area contributed by atoms with Crippen molar-refractivity contribution in [2.75, 3.05) is 0 Å². The summed E-state index contributed by atoms with van der Waals surface area (Å²) in [5, 5.41) is 5.72. The van der Waals surface area contributed by atoms with Crippen LogP contribution in [0.5, 0.6) is 0 Å². The molecule has 0 atom stereocenters. The Morgan fingerprint density at radius 3 is 2.70 bits per heavy atom. The second-order valence-corrected chi connectivity index (χ2v) is 4.40. The van der Waals surface area contributed by atoms with Gasteiger partial charge in [0.25, 0.3) is 0 Å². The van der Waals surface area contributed by atoms with Crippen LogP contribution in [0.25, 0.3) is 6.08 Å². The molecule has 2 rings (SSSR count). The lowest BCUT2D eigenvalue weighted by Gasteiger charge is -2.06. The maximum atomic E-state index is 11.6. The first-order valence-corrected chi connectivity index (χ1v) is 6.49. The quantitative estimate of drug-likeness (QED) is 0.670. The van der Waals surface area contributed by atoms with Crippen molar-refractivity contribution in [2.24, 2.45) is 0 Å². The Morgan fingerprint density at radius 2 is 2.00 bits per heavy atom. The smallest absolute Gasteiger partial charge is 0.250 e. The maximum absolute atomic E-state index is 11.6. The van der Waals surface area contributed by atoms with Crippen LogP contribution in [0.3, 0.4) is 0 Å². The van der Waals surface area contributed by atoms with E-state index < -0.39 is 0 Å². The molecule has 2 N–H and O–H groups in total. The Hall–Kier alpha value is -2.40. The van der Waals surface area contributed by atoms with Crippen molar-refractivity contribution < 1.29 is 9.21 Å². The summed E-state index contributed by atoms with van der Waals surface area (Å²) in [5.74, 6) is 0.479. The van der Waals surface area contributed by atoms with Gasteiger partial charge in [0.15, 0.2) is 5.11 Å². The van der Waals surface area contributed by atoms with Crippen LogP contribution in [0, 0.1) is 0 Å². The number of rotatable bonds is 4. The molecule has 0 spiro atoms. The van der Waals surface area contributed by atoms with Crippen LogP contribution in [0.4, 0.5) is 0 Å². The Bertz CT molecular complexity index is 592. The van der Waals surface area contributed by atoms with Crippen LogP contribution in [-0.2, 0) is 11.3 Å². The van der Waals surface area contributed by atoms with Crippen LogP contribution < -0.4 is 10.6 Å². The number of hydrogen-bond donors (Lipinski definition) is 2. The number of carbonyl (C=O) groups is 1. The normalized spacial score (nSPS) is 10.4. The summed E-state index contributed by atoms with van der Waals surface area (Å²) in [5.41, 5.74) is 0.956. The van der Waals surface area contributed by atoms with E-state index in [1.54, 1.807) is 18.4 Å². The minimum atomic E-state index is -0.272. The highest BCUT2D eigenvalue weighted by Crippen LogP contribution is 2.00. The van der Waals surface area contributed by atoms with E-state index in [1.807, 2.05) is 36.4 Å². The van der Waals surface area contributed by atoms with E-state index in [4.69, 9.17) is 16.6 Å². The molecule has 0 bridgehead atoms. The third kappa shape index (κ3) is 4.70. The van der Waals surface area contributed by atoms with E-state index in [1.165, 1.54) is 6.08 Å². The minimum Gasteiger partial charge on any atom is -0.467 e. The maximum Gasteiger partial charge on any atom is 0.250 e. The lowest BCUT2D eigenvalue weighted by Crippen LogP contribution is -2.37. The molecule has 0 saturated heterocycles. The Balaban J connectivity index is 1.76.